The Morgan fingerprint density at radius 1 is 0.867 bits per heavy atom. The van der Waals surface area contributed by atoms with E-state index in [0.717, 1.165) is 38.5 Å². The lowest BCUT2D eigenvalue weighted by Crippen LogP contribution is -2.59. The van der Waals surface area contributed by atoms with Crippen molar-refractivity contribution in [1.82, 2.24) is 0 Å². The van der Waals surface area contributed by atoms with Gasteiger partial charge in [-0.15, -0.1) is 0 Å². The zero-order chi connectivity index (χ0) is 21.8. The van der Waals surface area contributed by atoms with Gasteiger partial charge in [0.1, 0.15) is 6.10 Å². The minimum atomic E-state index is -0.585. The smallest absolute Gasteiger partial charge is 0.303 e. The number of esters is 2. The first-order chi connectivity index (χ1) is 14.1. The van der Waals surface area contributed by atoms with Crippen LogP contribution in [-0.4, -0.2) is 43.1 Å². The number of hydrogen-bond acceptors (Lipinski definition) is 6. The highest BCUT2D eigenvalue weighted by atomic mass is 16.6. The third kappa shape index (κ3) is 3.21. The van der Waals surface area contributed by atoms with E-state index in [1.165, 1.54) is 13.8 Å². The standard InChI is InChI=1S/C24H36O6/c1-13(25)29-20-9-11-23(3)16-8-10-24(4)18(12-19(27)22(24)30-14(2)26)15(16)6-7-17(23)21(20)28-5/h15-18,20-22H,6-12H2,1-5H3/t15-,16+,17+,18+,20-,21-,22+,23-,24+/m0/s1. The molecule has 0 unspecified atom stereocenters. The van der Waals surface area contributed by atoms with Crippen molar-refractivity contribution in [2.75, 3.05) is 7.11 Å². The van der Waals surface area contributed by atoms with Gasteiger partial charge >= 0.3 is 11.9 Å². The number of methoxy groups -OCH3 is 1. The fraction of sp³-hybridized carbons (Fsp3) is 0.875. The molecule has 30 heavy (non-hydrogen) atoms. The fourth-order valence-electron chi connectivity index (χ4n) is 8.04. The molecule has 0 aliphatic heterocycles. The molecule has 0 N–H and O–H groups in total. The Morgan fingerprint density at radius 2 is 1.53 bits per heavy atom. The molecule has 9 atom stereocenters. The summed E-state index contributed by atoms with van der Waals surface area (Å²) in [5.74, 6) is 1.12. The Morgan fingerprint density at radius 3 is 2.17 bits per heavy atom. The van der Waals surface area contributed by atoms with E-state index in [2.05, 4.69) is 13.8 Å². The predicted octanol–water partition coefficient (Wildman–Crippen LogP) is 3.70. The van der Waals surface area contributed by atoms with Crippen LogP contribution < -0.4 is 0 Å². The van der Waals surface area contributed by atoms with E-state index in [-0.39, 0.29) is 46.7 Å². The highest BCUT2D eigenvalue weighted by molar-refractivity contribution is 5.89. The molecule has 6 heteroatoms. The molecule has 4 aliphatic rings. The van der Waals surface area contributed by atoms with Gasteiger partial charge in [-0.1, -0.05) is 13.8 Å². The molecule has 168 valence electrons. The molecular formula is C24H36O6. The van der Waals surface area contributed by atoms with Gasteiger partial charge in [-0.3, -0.25) is 14.4 Å². The molecule has 4 saturated carbocycles. The minimum Gasteiger partial charge on any atom is -0.460 e. The van der Waals surface area contributed by atoms with Gasteiger partial charge in [0.05, 0.1) is 6.10 Å². The van der Waals surface area contributed by atoms with Crippen molar-refractivity contribution < 1.29 is 28.6 Å². The van der Waals surface area contributed by atoms with Gasteiger partial charge in [0.15, 0.2) is 11.9 Å². The maximum absolute atomic E-state index is 12.8. The number of fused-ring (bicyclic) bond motifs is 5. The second-order valence-electron chi connectivity index (χ2n) is 10.7. The first-order valence-corrected chi connectivity index (χ1v) is 11.5. The molecule has 0 amide bonds. The number of ketones is 1. The molecule has 4 fully saturated rings. The number of carbonyl (C=O) groups is 3. The van der Waals surface area contributed by atoms with Crippen LogP contribution in [0.2, 0.25) is 0 Å². The predicted molar refractivity (Wildman–Crippen MR) is 109 cm³/mol. The van der Waals surface area contributed by atoms with Crippen LogP contribution in [0.15, 0.2) is 0 Å². The number of hydrogen-bond donors (Lipinski definition) is 0. The third-order valence-electron chi connectivity index (χ3n) is 9.30. The average molecular weight is 421 g/mol. The Balaban J connectivity index is 1.59. The summed E-state index contributed by atoms with van der Waals surface area (Å²) >= 11 is 0. The van der Waals surface area contributed by atoms with Gasteiger partial charge in [0.2, 0.25) is 0 Å². The molecular weight excluding hydrogens is 384 g/mol. The van der Waals surface area contributed by atoms with Crippen molar-refractivity contribution in [3.8, 4) is 0 Å². The largest absolute Gasteiger partial charge is 0.460 e. The summed E-state index contributed by atoms with van der Waals surface area (Å²) in [7, 11) is 1.73. The monoisotopic (exact) mass is 420 g/mol. The fourth-order valence-corrected chi connectivity index (χ4v) is 8.04. The maximum atomic E-state index is 12.8. The molecule has 0 heterocycles. The summed E-state index contributed by atoms with van der Waals surface area (Å²) in [6.07, 6.45) is 5.58. The Hall–Kier alpha value is -1.43. The molecule has 0 radical (unpaired) electrons. The summed E-state index contributed by atoms with van der Waals surface area (Å²) in [4.78, 5) is 36.0. The molecule has 6 nitrogen and oxygen atoms in total. The number of rotatable bonds is 3. The first-order valence-electron chi connectivity index (χ1n) is 11.5. The van der Waals surface area contributed by atoms with E-state index in [0.29, 0.717) is 24.2 Å². The van der Waals surface area contributed by atoms with Crippen LogP contribution in [0, 0.1) is 34.5 Å². The molecule has 0 spiro atoms. The van der Waals surface area contributed by atoms with Crippen molar-refractivity contribution in [2.24, 2.45) is 34.5 Å². The van der Waals surface area contributed by atoms with Crippen molar-refractivity contribution in [3.63, 3.8) is 0 Å². The average Bonchev–Trinajstić information content (AvgIpc) is 2.92. The summed E-state index contributed by atoms with van der Waals surface area (Å²) in [6, 6.07) is 0. The Kier molecular flexibility index (Phi) is 5.53. The lowest BCUT2D eigenvalue weighted by Gasteiger charge is -2.61. The van der Waals surface area contributed by atoms with E-state index in [4.69, 9.17) is 14.2 Å². The van der Waals surface area contributed by atoms with Crippen LogP contribution in [-0.2, 0) is 28.6 Å². The third-order valence-corrected chi connectivity index (χ3v) is 9.30. The maximum Gasteiger partial charge on any atom is 0.303 e. The Bertz CT molecular complexity index is 733. The van der Waals surface area contributed by atoms with Crippen molar-refractivity contribution >= 4 is 17.7 Å². The number of carbonyl (C=O) groups excluding carboxylic acids is 3. The normalized spacial score (nSPS) is 47.6. The second-order valence-corrected chi connectivity index (χ2v) is 10.7. The summed E-state index contributed by atoms with van der Waals surface area (Å²) in [5, 5.41) is 0. The van der Waals surface area contributed by atoms with E-state index in [9.17, 15) is 14.4 Å². The van der Waals surface area contributed by atoms with E-state index in [1.54, 1.807) is 7.11 Å². The molecule has 0 aromatic rings. The van der Waals surface area contributed by atoms with E-state index in [1.807, 2.05) is 0 Å². The van der Waals surface area contributed by atoms with Gasteiger partial charge in [-0.2, -0.15) is 0 Å². The molecule has 0 aromatic carbocycles. The highest BCUT2D eigenvalue weighted by Gasteiger charge is 2.64. The topological polar surface area (TPSA) is 78.9 Å². The molecule has 0 saturated heterocycles. The lowest BCUT2D eigenvalue weighted by molar-refractivity contribution is -0.199. The minimum absolute atomic E-state index is 0.0686. The highest BCUT2D eigenvalue weighted by Crippen LogP contribution is 2.66. The van der Waals surface area contributed by atoms with Crippen LogP contribution >= 0.6 is 0 Å². The van der Waals surface area contributed by atoms with Crippen LogP contribution in [0.5, 0.6) is 0 Å². The van der Waals surface area contributed by atoms with Crippen LogP contribution in [0.4, 0.5) is 0 Å². The van der Waals surface area contributed by atoms with Crippen molar-refractivity contribution in [1.29, 1.82) is 0 Å². The molecule has 0 bridgehead atoms. The van der Waals surface area contributed by atoms with Crippen LogP contribution in [0.25, 0.3) is 0 Å². The quantitative estimate of drug-likeness (QED) is 0.648. The zero-order valence-corrected chi connectivity index (χ0v) is 18.9. The summed E-state index contributed by atoms with van der Waals surface area (Å²) in [5.41, 5.74) is -0.132. The van der Waals surface area contributed by atoms with Crippen molar-refractivity contribution in [3.05, 3.63) is 0 Å². The van der Waals surface area contributed by atoms with Crippen LogP contribution in [0.3, 0.4) is 0 Å². The van der Waals surface area contributed by atoms with Gasteiger partial charge < -0.3 is 14.2 Å². The van der Waals surface area contributed by atoms with Gasteiger partial charge in [0.25, 0.3) is 0 Å². The Labute approximate surface area is 179 Å². The first kappa shape index (κ1) is 21.8. The van der Waals surface area contributed by atoms with Crippen LogP contribution in [0.1, 0.15) is 72.6 Å². The summed E-state index contributed by atoms with van der Waals surface area (Å²) < 4.78 is 17.1. The van der Waals surface area contributed by atoms with Gasteiger partial charge in [-0.05, 0) is 67.6 Å². The van der Waals surface area contributed by atoms with E-state index >= 15 is 0 Å². The van der Waals surface area contributed by atoms with Gasteiger partial charge in [0, 0.05) is 32.8 Å². The van der Waals surface area contributed by atoms with E-state index < -0.39 is 6.10 Å². The SMILES string of the molecule is CO[C@@H]1[C@@H](OC(C)=O)CC[C@@]2(C)[C@@H]3CC[C@@]4(C)[C@H](OC(C)=O)C(=O)C[C@@H]4[C@H]3CC[C@H]12. The number of ether oxygens (including phenoxy) is 3. The summed E-state index contributed by atoms with van der Waals surface area (Å²) in [6.45, 7) is 7.42. The lowest BCUT2D eigenvalue weighted by atomic mass is 9.44. The second kappa shape index (κ2) is 7.61. The number of Topliss-reactive ketones (excluding diaryl/α,β-unsaturated/α-hetero) is 1. The molecule has 0 aromatic heterocycles. The van der Waals surface area contributed by atoms with Gasteiger partial charge in [-0.25, -0.2) is 0 Å². The molecule has 4 aliphatic carbocycles. The zero-order valence-electron chi connectivity index (χ0n) is 18.9. The molecule has 4 rings (SSSR count). The van der Waals surface area contributed by atoms with Crippen molar-refractivity contribution in [2.45, 2.75) is 91.0 Å².